The molecule has 1 saturated carbocycles. The minimum absolute atomic E-state index is 0.0334. The van der Waals surface area contributed by atoms with Gasteiger partial charge in [0, 0.05) is 0 Å². The maximum Gasteiger partial charge on any atom is 0.152 e. The first-order chi connectivity index (χ1) is 8.22. The molecule has 0 bridgehead atoms. The van der Waals surface area contributed by atoms with Gasteiger partial charge in [-0.15, -0.1) is 0 Å². The van der Waals surface area contributed by atoms with Crippen LogP contribution in [0.3, 0.4) is 0 Å². The lowest BCUT2D eigenvalue weighted by Crippen LogP contribution is -2.52. The molecule has 0 aromatic rings. The molecule has 5 heteroatoms. The van der Waals surface area contributed by atoms with Gasteiger partial charge >= 0.3 is 0 Å². The Morgan fingerprint density at radius 1 is 1.28 bits per heavy atom. The number of nitriles is 1. The van der Waals surface area contributed by atoms with Gasteiger partial charge in [-0.3, -0.25) is 0 Å². The van der Waals surface area contributed by atoms with Crippen LogP contribution in [0.15, 0.2) is 0 Å². The third-order valence-corrected chi connectivity index (χ3v) is 6.35. The van der Waals surface area contributed by atoms with Crippen molar-refractivity contribution in [1.29, 1.82) is 5.26 Å². The highest BCUT2D eigenvalue weighted by molar-refractivity contribution is 7.91. The molecule has 4 nitrogen and oxygen atoms in total. The lowest BCUT2D eigenvalue weighted by atomic mass is 9.61. The molecule has 0 aromatic heterocycles. The van der Waals surface area contributed by atoms with Crippen LogP contribution < -0.4 is 0 Å². The van der Waals surface area contributed by atoms with Crippen molar-refractivity contribution in [3.05, 3.63) is 0 Å². The number of hydrogen-bond acceptors (Lipinski definition) is 4. The monoisotopic (exact) mass is 271 g/mol. The van der Waals surface area contributed by atoms with E-state index in [4.69, 9.17) is 0 Å². The summed E-state index contributed by atoms with van der Waals surface area (Å²) in [7, 11) is -3.17. The second-order valence-corrected chi connectivity index (χ2v) is 8.61. The predicted octanol–water partition coefficient (Wildman–Crippen LogP) is 1.50. The van der Waals surface area contributed by atoms with Gasteiger partial charge in [-0.2, -0.15) is 5.26 Å². The Kier molecular flexibility index (Phi) is 3.23. The van der Waals surface area contributed by atoms with Gasteiger partial charge in [-0.1, -0.05) is 13.8 Å². The van der Waals surface area contributed by atoms with Gasteiger partial charge in [0.2, 0.25) is 0 Å². The molecule has 1 saturated heterocycles. The van der Waals surface area contributed by atoms with E-state index in [1.165, 1.54) is 0 Å². The quantitative estimate of drug-likeness (QED) is 0.784. The van der Waals surface area contributed by atoms with Crippen LogP contribution in [0.1, 0.15) is 39.5 Å². The summed E-state index contributed by atoms with van der Waals surface area (Å²) >= 11 is 0. The van der Waals surface area contributed by atoms with Crippen molar-refractivity contribution in [3.8, 4) is 6.07 Å². The van der Waals surface area contributed by atoms with Crippen LogP contribution in [0.5, 0.6) is 0 Å². The van der Waals surface area contributed by atoms with Crippen molar-refractivity contribution >= 4 is 9.84 Å². The standard InChI is InChI=1S/C13H21NO3S/c1-10-5-11(2)7-13(15,6-10)12(8-14)3-4-18(16,17)9-12/h10-11,15H,3-7,9H2,1-2H3. The Balaban J connectivity index is 2.36. The molecule has 0 radical (unpaired) electrons. The number of aliphatic hydroxyl groups is 1. The SMILES string of the molecule is CC1CC(C)CC(O)(C2(C#N)CCS(=O)(=O)C2)C1. The minimum Gasteiger partial charge on any atom is -0.388 e. The summed E-state index contributed by atoms with van der Waals surface area (Å²) in [6.07, 6.45) is 2.40. The normalized spacial score (nSPS) is 47.7. The molecule has 3 atom stereocenters. The molecule has 2 fully saturated rings. The molecule has 2 rings (SSSR count). The van der Waals surface area contributed by atoms with Crippen molar-refractivity contribution in [2.75, 3.05) is 11.5 Å². The molecular formula is C13H21NO3S. The summed E-state index contributed by atoms with van der Waals surface area (Å²) in [6, 6.07) is 2.16. The van der Waals surface area contributed by atoms with Gasteiger partial charge in [-0.25, -0.2) is 8.42 Å². The Morgan fingerprint density at radius 2 is 1.83 bits per heavy atom. The number of rotatable bonds is 1. The summed E-state index contributed by atoms with van der Waals surface area (Å²) in [4.78, 5) is 0. The lowest BCUT2D eigenvalue weighted by molar-refractivity contribution is -0.0977. The zero-order chi connectivity index (χ0) is 13.6. The van der Waals surface area contributed by atoms with Gasteiger partial charge in [0.1, 0.15) is 5.41 Å². The van der Waals surface area contributed by atoms with E-state index in [1.807, 2.05) is 0 Å². The van der Waals surface area contributed by atoms with Crippen molar-refractivity contribution in [3.63, 3.8) is 0 Å². The predicted molar refractivity (Wildman–Crippen MR) is 68.4 cm³/mol. The molecule has 3 unspecified atom stereocenters. The van der Waals surface area contributed by atoms with Crippen molar-refractivity contribution in [2.45, 2.75) is 45.1 Å². The largest absolute Gasteiger partial charge is 0.388 e. The highest BCUT2D eigenvalue weighted by atomic mass is 32.2. The molecular weight excluding hydrogens is 250 g/mol. The fourth-order valence-corrected chi connectivity index (χ4v) is 5.92. The van der Waals surface area contributed by atoms with Crippen LogP contribution in [0.4, 0.5) is 0 Å². The zero-order valence-electron chi connectivity index (χ0n) is 11.0. The Hall–Kier alpha value is -0.600. The van der Waals surface area contributed by atoms with Crippen LogP contribution in [0, 0.1) is 28.6 Å². The van der Waals surface area contributed by atoms with Gasteiger partial charge < -0.3 is 5.11 Å². The number of sulfone groups is 1. The van der Waals surface area contributed by atoms with Crippen molar-refractivity contribution in [2.24, 2.45) is 17.3 Å². The topological polar surface area (TPSA) is 78.2 Å². The van der Waals surface area contributed by atoms with Crippen LogP contribution in [-0.4, -0.2) is 30.6 Å². The molecule has 18 heavy (non-hydrogen) atoms. The molecule has 1 aliphatic heterocycles. The molecule has 2 aliphatic rings. The second kappa shape index (κ2) is 4.21. The van der Waals surface area contributed by atoms with Crippen LogP contribution >= 0.6 is 0 Å². The van der Waals surface area contributed by atoms with Crippen LogP contribution in [0.2, 0.25) is 0 Å². The summed E-state index contributed by atoms with van der Waals surface area (Å²) in [6.45, 7) is 4.13. The molecule has 0 aromatic carbocycles. The van der Waals surface area contributed by atoms with Crippen LogP contribution in [-0.2, 0) is 9.84 Å². The fourth-order valence-electron chi connectivity index (χ4n) is 3.89. The Labute approximate surface area is 109 Å². The average Bonchev–Trinajstić information content (AvgIpc) is 2.54. The summed E-state index contributed by atoms with van der Waals surface area (Å²) in [5.41, 5.74) is -2.23. The zero-order valence-corrected chi connectivity index (χ0v) is 11.8. The molecule has 1 heterocycles. The van der Waals surface area contributed by atoms with Gasteiger partial charge in [0.05, 0.1) is 23.2 Å². The third kappa shape index (κ3) is 2.17. The van der Waals surface area contributed by atoms with Crippen molar-refractivity contribution in [1.82, 2.24) is 0 Å². The molecule has 0 amide bonds. The van der Waals surface area contributed by atoms with E-state index in [1.54, 1.807) is 0 Å². The lowest BCUT2D eigenvalue weighted by Gasteiger charge is -2.46. The van der Waals surface area contributed by atoms with Crippen molar-refractivity contribution < 1.29 is 13.5 Å². The first kappa shape index (κ1) is 13.8. The van der Waals surface area contributed by atoms with E-state index in [2.05, 4.69) is 19.9 Å². The fraction of sp³-hybridized carbons (Fsp3) is 0.923. The smallest absolute Gasteiger partial charge is 0.152 e. The van der Waals surface area contributed by atoms with E-state index in [-0.39, 0.29) is 17.9 Å². The Bertz CT molecular complexity index is 469. The minimum atomic E-state index is -3.17. The number of hydrogen-bond donors (Lipinski definition) is 1. The van der Waals surface area contributed by atoms with E-state index in [9.17, 15) is 18.8 Å². The first-order valence-electron chi connectivity index (χ1n) is 6.56. The molecule has 1 N–H and O–H groups in total. The van der Waals surface area contributed by atoms with Crippen LogP contribution in [0.25, 0.3) is 0 Å². The molecule has 1 aliphatic carbocycles. The highest BCUT2D eigenvalue weighted by Crippen LogP contribution is 2.51. The maximum absolute atomic E-state index is 11.7. The van der Waals surface area contributed by atoms with Gasteiger partial charge in [0.25, 0.3) is 0 Å². The average molecular weight is 271 g/mol. The van der Waals surface area contributed by atoms with E-state index < -0.39 is 20.9 Å². The number of nitrogens with zero attached hydrogens (tertiary/aromatic N) is 1. The summed E-state index contributed by atoms with van der Waals surface area (Å²) in [5, 5.41) is 20.4. The summed E-state index contributed by atoms with van der Waals surface area (Å²) in [5.74, 6) is 0.539. The van der Waals surface area contributed by atoms with E-state index in [0.717, 1.165) is 6.42 Å². The third-order valence-electron chi connectivity index (χ3n) is 4.59. The van der Waals surface area contributed by atoms with E-state index >= 15 is 0 Å². The Morgan fingerprint density at radius 3 is 2.22 bits per heavy atom. The highest BCUT2D eigenvalue weighted by Gasteiger charge is 2.58. The second-order valence-electron chi connectivity index (χ2n) is 6.42. The first-order valence-corrected chi connectivity index (χ1v) is 8.38. The maximum atomic E-state index is 11.7. The molecule has 102 valence electrons. The molecule has 0 spiro atoms. The van der Waals surface area contributed by atoms with E-state index in [0.29, 0.717) is 24.7 Å². The summed E-state index contributed by atoms with van der Waals surface area (Å²) < 4.78 is 23.4. The van der Waals surface area contributed by atoms with Gasteiger partial charge in [-0.05, 0) is 37.5 Å². The van der Waals surface area contributed by atoms with Gasteiger partial charge in [0.15, 0.2) is 9.84 Å².